The zero-order valence-electron chi connectivity index (χ0n) is 33.8. The Balaban J connectivity index is 0.000000299. The van der Waals surface area contributed by atoms with Gasteiger partial charge in [-0.3, -0.25) is 9.78 Å². The number of aliphatic hydroxyl groups excluding tert-OH is 1. The summed E-state index contributed by atoms with van der Waals surface area (Å²) in [4.78, 5) is 17.0. The normalized spacial score (nSPS) is 12.8. The first-order chi connectivity index (χ1) is 24.5. The molecule has 0 aliphatic carbocycles. The van der Waals surface area contributed by atoms with E-state index in [-0.39, 0.29) is 47.9 Å². The number of aromatic nitrogens is 1. The predicted molar refractivity (Wildman–Crippen MR) is 218 cm³/mol. The van der Waals surface area contributed by atoms with Crippen molar-refractivity contribution in [3.8, 4) is 11.3 Å². The standard InChI is InChI=1S/C32H30NO2.C15H28O2.Ir/c1-18(2)15-27-19(3)22-11-12-26-28(30(22)35-27)24-13-14-33-29(31(24)34-26)21-16-20-9-7-8-10-23(20)25(17-21)32(4,5)6;1-7-14(5,8-2)12(16)11-13(17)15(6,9-3)10-4;/h7-14,17-18H,15H2,1-6H3;11,16H,7-10H2,1-6H3;/q-1;;/b;12-11-;. The molecule has 53 heavy (non-hydrogen) atoms. The zero-order chi connectivity index (χ0) is 38.2. The number of rotatable bonds is 10. The first kappa shape index (κ1) is 42.0. The van der Waals surface area contributed by atoms with Gasteiger partial charge in [0.1, 0.15) is 28.3 Å². The Labute approximate surface area is 330 Å². The Hall–Kier alpha value is -3.73. The number of aliphatic hydroxyl groups is 1. The van der Waals surface area contributed by atoms with Crippen LogP contribution in [0.4, 0.5) is 0 Å². The summed E-state index contributed by atoms with van der Waals surface area (Å²) in [6.07, 6.45) is 7.55. The maximum Gasteiger partial charge on any atom is 0.164 e. The molecule has 6 aromatic rings. The average molecular weight is 893 g/mol. The van der Waals surface area contributed by atoms with Gasteiger partial charge in [0.05, 0.1) is 5.39 Å². The third kappa shape index (κ3) is 8.20. The number of ketones is 1. The molecule has 6 heteroatoms. The number of nitrogens with zero attached hydrogens (tertiary/aromatic N) is 1. The summed E-state index contributed by atoms with van der Waals surface area (Å²) in [5.74, 6) is 1.87. The topological polar surface area (TPSA) is 76.5 Å². The Kier molecular flexibility index (Phi) is 12.9. The molecule has 3 aromatic heterocycles. The fourth-order valence-corrected chi connectivity index (χ4v) is 6.93. The second kappa shape index (κ2) is 16.3. The number of fused-ring (bicyclic) bond motifs is 6. The molecule has 3 heterocycles. The number of allylic oxidation sites excluding steroid dienone is 2. The molecule has 0 unspecified atom stereocenters. The van der Waals surface area contributed by atoms with Gasteiger partial charge < -0.3 is 13.9 Å². The van der Waals surface area contributed by atoms with E-state index in [1.54, 1.807) is 0 Å². The first-order valence-corrected chi connectivity index (χ1v) is 19.1. The molecule has 0 saturated heterocycles. The molecule has 0 fully saturated rings. The van der Waals surface area contributed by atoms with Gasteiger partial charge in [0, 0.05) is 66.1 Å². The van der Waals surface area contributed by atoms with E-state index in [1.807, 2.05) is 53.8 Å². The average Bonchev–Trinajstić information content (AvgIpc) is 3.66. The van der Waals surface area contributed by atoms with Gasteiger partial charge >= 0.3 is 0 Å². The van der Waals surface area contributed by atoms with E-state index in [0.29, 0.717) is 5.92 Å². The van der Waals surface area contributed by atoms with Crippen molar-refractivity contribution in [1.29, 1.82) is 0 Å². The summed E-state index contributed by atoms with van der Waals surface area (Å²) in [5.41, 5.74) is 6.15. The maximum atomic E-state index is 12.2. The van der Waals surface area contributed by atoms with Crippen molar-refractivity contribution in [3.63, 3.8) is 0 Å². The van der Waals surface area contributed by atoms with Crippen LogP contribution in [-0.2, 0) is 36.7 Å². The summed E-state index contributed by atoms with van der Waals surface area (Å²) >= 11 is 0. The Morgan fingerprint density at radius 2 is 1.49 bits per heavy atom. The van der Waals surface area contributed by atoms with E-state index in [4.69, 9.17) is 13.8 Å². The Morgan fingerprint density at radius 1 is 0.849 bits per heavy atom. The van der Waals surface area contributed by atoms with Crippen LogP contribution in [-0.4, -0.2) is 15.9 Å². The molecule has 0 spiro atoms. The van der Waals surface area contributed by atoms with Crippen molar-refractivity contribution in [2.75, 3.05) is 0 Å². The molecule has 0 bridgehead atoms. The SMILES string of the molecule is CCC(C)(CC)C(=O)/C=C(\O)C(C)(CC)CC.Cc1c(CC(C)C)oc2c1ccc1oc3c(-c4[c-]c5ccccc5c(C(C)(C)C)c4)nccc3c12.[Ir]. The van der Waals surface area contributed by atoms with Crippen LogP contribution in [0.3, 0.4) is 0 Å². The van der Waals surface area contributed by atoms with E-state index >= 15 is 0 Å². The largest absolute Gasteiger partial charge is 0.512 e. The Bertz CT molecular complexity index is 2250. The van der Waals surface area contributed by atoms with E-state index in [1.165, 1.54) is 22.6 Å². The summed E-state index contributed by atoms with van der Waals surface area (Å²) in [6.45, 7) is 25.4. The van der Waals surface area contributed by atoms with Crippen LogP contribution >= 0.6 is 0 Å². The van der Waals surface area contributed by atoms with Gasteiger partial charge in [-0.05, 0) is 67.7 Å². The second-order valence-corrected chi connectivity index (χ2v) is 16.5. The monoisotopic (exact) mass is 893 g/mol. The molecule has 6 rings (SSSR count). The molecule has 0 saturated carbocycles. The predicted octanol–water partition coefficient (Wildman–Crippen LogP) is 13.8. The van der Waals surface area contributed by atoms with Crippen LogP contribution in [0.1, 0.15) is 119 Å². The van der Waals surface area contributed by atoms with Crippen molar-refractivity contribution >= 4 is 49.5 Å². The van der Waals surface area contributed by atoms with Gasteiger partial charge in [-0.25, -0.2) is 0 Å². The third-order valence-corrected chi connectivity index (χ3v) is 11.6. The Morgan fingerprint density at radius 3 is 2.09 bits per heavy atom. The van der Waals surface area contributed by atoms with Crippen molar-refractivity contribution in [2.24, 2.45) is 16.7 Å². The smallest absolute Gasteiger partial charge is 0.164 e. The second-order valence-electron chi connectivity index (χ2n) is 16.5. The molecule has 5 nitrogen and oxygen atoms in total. The minimum Gasteiger partial charge on any atom is -0.512 e. The summed E-state index contributed by atoms with van der Waals surface area (Å²) in [7, 11) is 0. The molecule has 0 aliphatic heterocycles. The van der Waals surface area contributed by atoms with Crippen molar-refractivity contribution in [2.45, 2.75) is 121 Å². The molecular formula is C47H58IrNO4-. The number of carbonyl (C=O) groups is 1. The number of aryl methyl sites for hydroxylation is 1. The zero-order valence-corrected chi connectivity index (χ0v) is 36.2. The quantitative estimate of drug-likeness (QED) is 0.0842. The summed E-state index contributed by atoms with van der Waals surface area (Å²) in [6, 6.07) is 20.5. The van der Waals surface area contributed by atoms with E-state index in [9.17, 15) is 9.90 Å². The minimum atomic E-state index is -0.337. The molecule has 0 atom stereocenters. The molecule has 1 N–H and O–H groups in total. The van der Waals surface area contributed by atoms with Crippen LogP contribution in [0, 0.1) is 29.7 Å². The van der Waals surface area contributed by atoms with Crippen molar-refractivity contribution < 1.29 is 38.8 Å². The van der Waals surface area contributed by atoms with Crippen LogP contribution in [0.15, 0.2) is 75.4 Å². The number of furan rings is 2. The number of hydrogen-bond donors (Lipinski definition) is 1. The van der Waals surface area contributed by atoms with Crippen LogP contribution in [0.2, 0.25) is 0 Å². The fraction of sp³-hybridized carbons (Fsp3) is 0.447. The fourth-order valence-electron chi connectivity index (χ4n) is 6.93. The first-order valence-electron chi connectivity index (χ1n) is 19.1. The van der Waals surface area contributed by atoms with Gasteiger partial charge in [0.25, 0.3) is 0 Å². The van der Waals surface area contributed by atoms with E-state index in [0.717, 1.165) is 87.4 Å². The van der Waals surface area contributed by atoms with Gasteiger partial charge in [-0.15, -0.1) is 29.1 Å². The van der Waals surface area contributed by atoms with Gasteiger partial charge in [-0.1, -0.05) is 105 Å². The summed E-state index contributed by atoms with van der Waals surface area (Å²) in [5, 5.41) is 15.7. The van der Waals surface area contributed by atoms with Gasteiger partial charge in [-0.2, -0.15) is 0 Å². The van der Waals surface area contributed by atoms with Crippen LogP contribution in [0.5, 0.6) is 0 Å². The molecular weight excluding hydrogens is 835 g/mol. The minimum absolute atomic E-state index is 0. The molecule has 1 radical (unpaired) electrons. The number of hydrogen-bond acceptors (Lipinski definition) is 5. The van der Waals surface area contributed by atoms with E-state index < -0.39 is 0 Å². The molecule has 3 aromatic carbocycles. The number of carbonyl (C=O) groups excluding carboxylic acids is 1. The maximum absolute atomic E-state index is 12.2. The van der Waals surface area contributed by atoms with E-state index in [2.05, 4.69) is 90.1 Å². The number of pyridine rings is 1. The molecule has 0 aliphatic rings. The van der Waals surface area contributed by atoms with Crippen LogP contribution < -0.4 is 0 Å². The van der Waals surface area contributed by atoms with Crippen LogP contribution in [0.25, 0.3) is 54.9 Å². The van der Waals surface area contributed by atoms with Crippen molar-refractivity contribution in [1.82, 2.24) is 4.98 Å². The molecule has 0 amide bonds. The van der Waals surface area contributed by atoms with Gasteiger partial charge in [0.15, 0.2) is 5.78 Å². The number of benzene rings is 3. The third-order valence-electron chi connectivity index (χ3n) is 11.6. The van der Waals surface area contributed by atoms with Crippen molar-refractivity contribution in [3.05, 3.63) is 89.5 Å². The summed E-state index contributed by atoms with van der Waals surface area (Å²) < 4.78 is 12.9. The molecule has 285 valence electrons. The van der Waals surface area contributed by atoms with Gasteiger partial charge in [0.2, 0.25) is 0 Å².